The summed E-state index contributed by atoms with van der Waals surface area (Å²) in [5, 5.41) is 22.1. The van der Waals surface area contributed by atoms with Crippen molar-refractivity contribution < 1.29 is 24.2 Å². The zero-order valence-electron chi connectivity index (χ0n) is 16.6. The maximum atomic E-state index is 14.3. The number of aromatic nitrogens is 3. The number of nitrogens with one attached hydrogen (secondary N) is 1. The number of rotatable bonds is 6. The molecule has 0 radical (unpaired) electrons. The van der Waals surface area contributed by atoms with Gasteiger partial charge in [-0.3, -0.25) is 4.79 Å². The van der Waals surface area contributed by atoms with E-state index in [1.54, 1.807) is 0 Å². The highest BCUT2D eigenvalue weighted by Gasteiger charge is 2.15. The molecule has 2 aromatic heterocycles. The van der Waals surface area contributed by atoms with Crippen LogP contribution in [0.4, 0.5) is 10.2 Å². The summed E-state index contributed by atoms with van der Waals surface area (Å²) in [6.45, 7) is 1.53. The monoisotopic (exact) mass is 447 g/mol. The summed E-state index contributed by atoms with van der Waals surface area (Å²) < 4.78 is 20.2. The molecule has 3 rings (SSSR count). The summed E-state index contributed by atoms with van der Waals surface area (Å²) in [4.78, 5) is 25.2. The van der Waals surface area contributed by atoms with Crippen LogP contribution in [-0.4, -0.2) is 50.7 Å². The number of aliphatic hydroxyl groups is 1. The van der Waals surface area contributed by atoms with Crippen molar-refractivity contribution in [3.63, 3.8) is 0 Å². The summed E-state index contributed by atoms with van der Waals surface area (Å²) >= 11 is 5.96. The van der Waals surface area contributed by atoms with Crippen LogP contribution in [-0.2, 0) is 0 Å². The van der Waals surface area contributed by atoms with E-state index in [0.717, 1.165) is 6.20 Å². The van der Waals surface area contributed by atoms with Gasteiger partial charge in [-0.05, 0) is 31.2 Å². The van der Waals surface area contributed by atoms with E-state index in [4.69, 9.17) is 16.3 Å². The predicted octanol–water partition coefficient (Wildman–Crippen LogP) is 2.33. The SMILES string of the molecule is COc1cnc(-c2cc(Cl)ccc2F)nc1N=c1ccn(O)cc1C(=O)NCC(C)O. The molecular formula is C20H19ClFN5O4. The summed E-state index contributed by atoms with van der Waals surface area (Å²) in [6, 6.07) is 5.37. The van der Waals surface area contributed by atoms with E-state index >= 15 is 0 Å². The van der Waals surface area contributed by atoms with E-state index in [1.807, 2.05) is 0 Å². The molecule has 1 atom stereocenters. The fourth-order valence-corrected chi connectivity index (χ4v) is 2.76. The van der Waals surface area contributed by atoms with Crippen LogP contribution in [0.5, 0.6) is 5.75 Å². The number of amides is 1. The van der Waals surface area contributed by atoms with Crippen LogP contribution in [0, 0.1) is 5.82 Å². The van der Waals surface area contributed by atoms with E-state index in [9.17, 15) is 19.5 Å². The van der Waals surface area contributed by atoms with Crippen molar-refractivity contribution >= 4 is 23.3 Å². The highest BCUT2D eigenvalue weighted by Crippen LogP contribution is 2.29. The molecule has 1 unspecified atom stereocenters. The van der Waals surface area contributed by atoms with Gasteiger partial charge >= 0.3 is 0 Å². The third kappa shape index (κ3) is 5.36. The zero-order valence-corrected chi connectivity index (χ0v) is 17.3. The lowest BCUT2D eigenvalue weighted by Crippen LogP contribution is -2.34. The number of nitrogens with zero attached hydrogens (tertiary/aromatic N) is 4. The molecule has 0 saturated carbocycles. The summed E-state index contributed by atoms with van der Waals surface area (Å²) in [6.07, 6.45) is 2.99. The van der Waals surface area contributed by atoms with E-state index in [2.05, 4.69) is 20.3 Å². The van der Waals surface area contributed by atoms with Crippen LogP contribution in [0.25, 0.3) is 11.4 Å². The fraction of sp³-hybridized carbons (Fsp3) is 0.200. The average Bonchev–Trinajstić information content (AvgIpc) is 2.74. The van der Waals surface area contributed by atoms with Gasteiger partial charge in [-0.2, -0.15) is 0 Å². The molecule has 0 fully saturated rings. The Morgan fingerprint density at radius 1 is 1.42 bits per heavy atom. The lowest BCUT2D eigenvalue weighted by molar-refractivity contribution is 0.0917. The van der Waals surface area contributed by atoms with Crippen molar-refractivity contribution in [1.82, 2.24) is 20.0 Å². The maximum absolute atomic E-state index is 14.3. The molecule has 31 heavy (non-hydrogen) atoms. The second kappa shape index (κ2) is 9.54. The number of halogens is 2. The molecule has 2 heterocycles. The van der Waals surface area contributed by atoms with E-state index in [0.29, 0.717) is 9.75 Å². The number of hydrogen-bond donors (Lipinski definition) is 3. The van der Waals surface area contributed by atoms with E-state index < -0.39 is 17.8 Å². The predicted molar refractivity (Wildman–Crippen MR) is 110 cm³/mol. The lowest BCUT2D eigenvalue weighted by Gasteiger charge is -2.09. The van der Waals surface area contributed by atoms with Gasteiger partial charge in [0.15, 0.2) is 17.4 Å². The highest BCUT2D eigenvalue weighted by atomic mass is 35.5. The standard InChI is InChI=1S/C20H19ClFN5O4/c1-11(28)8-24-20(29)14-10-27(30)6-5-16(14)25-19-17(31-2)9-23-18(26-19)13-7-12(21)3-4-15(13)22/h3-7,9-11,28,30H,8H2,1-2H3,(H,24,29). The van der Waals surface area contributed by atoms with Gasteiger partial charge in [0.1, 0.15) is 5.82 Å². The molecule has 11 heteroatoms. The number of pyridine rings is 1. The average molecular weight is 448 g/mol. The van der Waals surface area contributed by atoms with Gasteiger partial charge in [-0.1, -0.05) is 11.6 Å². The van der Waals surface area contributed by atoms with Crippen LogP contribution in [0.2, 0.25) is 5.02 Å². The first-order valence-electron chi connectivity index (χ1n) is 9.07. The third-order valence-corrected chi connectivity index (χ3v) is 4.31. The zero-order chi connectivity index (χ0) is 22.5. The first-order chi connectivity index (χ1) is 14.8. The summed E-state index contributed by atoms with van der Waals surface area (Å²) in [7, 11) is 1.39. The number of carbonyl (C=O) groups is 1. The molecule has 0 bridgehead atoms. The van der Waals surface area contributed by atoms with E-state index in [1.165, 1.54) is 50.7 Å². The molecule has 0 aliphatic heterocycles. The van der Waals surface area contributed by atoms with Gasteiger partial charge in [-0.25, -0.2) is 24.1 Å². The minimum atomic E-state index is -0.758. The van der Waals surface area contributed by atoms with Crippen molar-refractivity contribution in [3.8, 4) is 17.1 Å². The van der Waals surface area contributed by atoms with Crippen molar-refractivity contribution in [2.24, 2.45) is 4.99 Å². The van der Waals surface area contributed by atoms with Crippen molar-refractivity contribution in [2.45, 2.75) is 13.0 Å². The Morgan fingerprint density at radius 2 is 2.19 bits per heavy atom. The molecule has 162 valence electrons. The number of benzene rings is 1. The Bertz CT molecular complexity index is 1180. The van der Waals surface area contributed by atoms with Crippen molar-refractivity contribution in [1.29, 1.82) is 0 Å². The molecule has 3 aromatic rings. The number of ether oxygens (including phenoxy) is 1. The Labute approximate surface area is 181 Å². The molecule has 9 nitrogen and oxygen atoms in total. The van der Waals surface area contributed by atoms with Gasteiger partial charge in [0.05, 0.1) is 42.1 Å². The summed E-state index contributed by atoms with van der Waals surface area (Å²) in [5.74, 6) is -0.904. The number of hydrogen-bond acceptors (Lipinski definition) is 7. The van der Waals surface area contributed by atoms with Crippen LogP contribution in [0.15, 0.2) is 47.8 Å². The van der Waals surface area contributed by atoms with Crippen LogP contribution in [0.3, 0.4) is 0 Å². The molecule has 3 N–H and O–H groups in total. The Balaban J connectivity index is 2.13. The molecule has 1 amide bonds. The van der Waals surface area contributed by atoms with Crippen molar-refractivity contribution in [3.05, 3.63) is 64.6 Å². The minimum absolute atomic E-state index is 0.00756. The van der Waals surface area contributed by atoms with Gasteiger partial charge in [0.2, 0.25) is 0 Å². The topological polar surface area (TPSA) is 122 Å². The van der Waals surface area contributed by atoms with Gasteiger partial charge < -0.3 is 20.4 Å². The number of carbonyl (C=O) groups excluding carboxylic acids is 1. The Morgan fingerprint density at radius 3 is 2.90 bits per heavy atom. The maximum Gasteiger partial charge on any atom is 0.255 e. The Kier molecular flexibility index (Phi) is 6.83. The number of methoxy groups -OCH3 is 1. The third-order valence-electron chi connectivity index (χ3n) is 4.08. The van der Waals surface area contributed by atoms with Gasteiger partial charge in [-0.15, -0.1) is 0 Å². The van der Waals surface area contributed by atoms with Crippen LogP contribution < -0.4 is 15.4 Å². The van der Waals surface area contributed by atoms with E-state index in [-0.39, 0.29) is 40.4 Å². The first kappa shape index (κ1) is 22.2. The smallest absolute Gasteiger partial charge is 0.255 e. The largest absolute Gasteiger partial charge is 0.491 e. The molecule has 0 aliphatic rings. The normalized spacial score (nSPS) is 12.5. The number of aliphatic hydroxyl groups excluding tert-OH is 1. The lowest BCUT2D eigenvalue weighted by atomic mass is 10.2. The molecule has 0 aliphatic carbocycles. The van der Waals surface area contributed by atoms with Gasteiger partial charge in [0.25, 0.3) is 5.91 Å². The molecule has 0 saturated heterocycles. The second-order valence-electron chi connectivity index (χ2n) is 6.50. The van der Waals surface area contributed by atoms with Gasteiger partial charge in [0, 0.05) is 17.8 Å². The van der Waals surface area contributed by atoms with Crippen molar-refractivity contribution in [2.75, 3.05) is 13.7 Å². The minimum Gasteiger partial charge on any atom is -0.491 e. The summed E-state index contributed by atoms with van der Waals surface area (Å²) in [5.41, 5.74) is 0.0876. The molecule has 0 spiro atoms. The van der Waals surface area contributed by atoms with Crippen LogP contribution in [0.1, 0.15) is 17.3 Å². The molecule has 1 aromatic carbocycles. The second-order valence-corrected chi connectivity index (χ2v) is 6.94. The quantitative estimate of drug-likeness (QED) is 0.498. The Hall–Kier alpha value is -3.50. The van der Waals surface area contributed by atoms with Crippen LogP contribution >= 0.6 is 11.6 Å². The highest BCUT2D eigenvalue weighted by molar-refractivity contribution is 6.30. The molecular weight excluding hydrogens is 429 g/mol. The first-order valence-corrected chi connectivity index (χ1v) is 9.45. The fourth-order valence-electron chi connectivity index (χ4n) is 2.58.